The van der Waals surface area contributed by atoms with Crippen LogP contribution in [0.3, 0.4) is 0 Å². The van der Waals surface area contributed by atoms with Crippen molar-refractivity contribution in [1.29, 1.82) is 0 Å². The molecule has 228 valence electrons. The van der Waals surface area contributed by atoms with Crippen molar-refractivity contribution in [1.82, 2.24) is 0 Å². The highest BCUT2D eigenvalue weighted by molar-refractivity contribution is 6.32. The Labute approximate surface area is 251 Å². The van der Waals surface area contributed by atoms with Crippen molar-refractivity contribution < 1.29 is 28.1 Å². The molecule has 2 N–H and O–H groups in total. The molecule has 3 rings (SSSR count). The van der Waals surface area contributed by atoms with Crippen molar-refractivity contribution >= 4 is 34.8 Å². The number of fused-ring (bicyclic) bond motifs is 2. The molecule has 0 bridgehead atoms. The highest BCUT2D eigenvalue weighted by atomic mass is 16.2. The maximum Gasteiger partial charge on any atom is 0.230 e. The van der Waals surface area contributed by atoms with Gasteiger partial charge in [-0.25, -0.2) is 0 Å². The van der Waals surface area contributed by atoms with Gasteiger partial charge in [-0.3, -0.25) is 19.2 Å². The fourth-order valence-electron chi connectivity index (χ4n) is 6.43. The molecular formula is C34H50N4O4+2. The average molecular weight is 579 g/mol. The minimum atomic E-state index is -0.334. The van der Waals surface area contributed by atoms with E-state index < -0.39 is 0 Å². The molecule has 0 fully saturated rings. The number of carbonyl (C=O) groups excluding carboxylic acids is 4. The SMILES string of the molecule is CCC[N+](C)(CCC)CCC(=O)Nc1ccc(NC(=O)CC[N+](C)(CCC)CCC)c2c1C(=O)c1ccccc1C2=O. The van der Waals surface area contributed by atoms with Gasteiger partial charge in [0.05, 0.1) is 88.7 Å². The van der Waals surface area contributed by atoms with Gasteiger partial charge in [0.2, 0.25) is 11.8 Å². The monoisotopic (exact) mass is 578 g/mol. The van der Waals surface area contributed by atoms with Gasteiger partial charge in [-0.2, -0.15) is 0 Å². The van der Waals surface area contributed by atoms with Gasteiger partial charge in [-0.1, -0.05) is 52.0 Å². The summed E-state index contributed by atoms with van der Waals surface area (Å²) in [5, 5.41) is 5.85. The van der Waals surface area contributed by atoms with E-state index in [1.54, 1.807) is 36.4 Å². The summed E-state index contributed by atoms with van der Waals surface area (Å²) in [5.74, 6) is -1.07. The molecule has 2 amide bonds. The molecule has 8 heteroatoms. The third kappa shape index (κ3) is 7.92. The lowest BCUT2D eigenvalue weighted by atomic mass is 9.82. The maximum atomic E-state index is 13.8. The van der Waals surface area contributed by atoms with Gasteiger partial charge in [0, 0.05) is 11.1 Å². The van der Waals surface area contributed by atoms with Gasteiger partial charge in [-0.05, 0) is 37.8 Å². The molecule has 1 aliphatic carbocycles. The molecule has 0 atom stereocenters. The van der Waals surface area contributed by atoms with E-state index in [9.17, 15) is 19.2 Å². The minimum absolute atomic E-state index is 0.141. The summed E-state index contributed by atoms with van der Waals surface area (Å²) in [5.41, 5.74) is 1.49. The first kappa shape index (κ1) is 33.1. The van der Waals surface area contributed by atoms with E-state index >= 15 is 0 Å². The summed E-state index contributed by atoms with van der Waals surface area (Å²) in [6.45, 7) is 13.9. The van der Waals surface area contributed by atoms with Crippen LogP contribution in [0.25, 0.3) is 0 Å². The van der Waals surface area contributed by atoms with Crippen LogP contribution in [0.2, 0.25) is 0 Å². The smallest absolute Gasteiger partial charge is 0.230 e. The van der Waals surface area contributed by atoms with E-state index in [0.717, 1.165) is 60.8 Å². The molecule has 0 unspecified atom stereocenters. The Bertz CT molecular complexity index is 1190. The third-order valence-corrected chi connectivity index (χ3v) is 8.44. The summed E-state index contributed by atoms with van der Waals surface area (Å²) >= 11 is 0. The van der Waals surface area contributed by atoms with Crippen LogP contribution in [-0.4, -0.2) is 85.7 Å². The van der Waals surface area contributed by atoms with E-state index in [1.807, 2.05) is 0 Å². The lowest BCUT2D eigenvalue weighted by molar-refractivity contribution is -0.909. The largest absolute Gasteiger partial charge is 0.326 e. The normalized spacial score (nSPS) is 13.0. The highest BCUT2D eigenvalue weighted by Crippen LogP contribution is 2.36. The van der Waals surface area contributed by atoms with Gasteiger partial charge >= 0.3 is 0 Å². The molecular weight excluding hydrogens is 528 g/mol. The topological polar surface area (TPSA) is 92.3 Å². The Morgan fingerprint density at radius 2 is 0.905 bits per heavy atom. The number of rotatable bonds is 16. The summed E-state index contributed by atoms with van der Waals surface area (Å²) < 4.78 is 1.62. The summed E-state index contributed by atoms with van der Waals surface area (Å²) in [6, 6.07) is 9.97. The van der Waals surface area contributed by atoms with Crippen LogP contribution >= 0.6 is 0 Å². The zero-order valence-electron chi connectivity index (χ0n) is 26.5. The number of quaternary nitrogens is 2. The standard InChI is InChI=1S/C34H48N4O4/c1-7-19-37(5,20-8-2)23-17-29(39)35-27-15-16-28(36-30(40)18-24-38(6,21-9-3)22-10-4)32-31(27)33(41)25-13-11-12-14-26(25)34(32)42/h11-16H,7-10,17-24H2,1-6H3/p+2. The average Bonchev–Trinajstić information content (AvgIpc) is 2.95. The molecule has 2 aromatic carbocycles. The van der Waals surface area contributed by atoms with Crippen molar-refractivity contribution in [3.05, 3.63) is 58.7 Å². The predicted molar refractivity (Wildman–Crippen MR) is 169 cm³/mol. The first-order chi connectivity index (χ1) is 20.0. The fraction of sp³-hybridized carbons (Fsp3) is 0.529. The molecule has 0 aromatic heterocycles. The molecule has 8 nitrogen and oxygen atoms in total. The van der Waals surface area contributed by atoms with Crippen molar-refractivity contribution in [2.24, 2.45) is 0 Å². The van der Waals surface area contributed by atoms with Crippen molar-refractivity contribution in [3.63, 3.8) is 0 Å². The van der Waals surface area contributed by atoms with Crippen LogP contribution in [-0.2, 0) is 9.59 Å². The Balaban J connectivity index is 1.90. The number of nitrogens with one attached hydrogen (secondary N) is 2. The number of hydrogen-bond donors (Lipinski definition) is 2. The van der Waals surface area contributed by atoms with E-state index in [-0.39, 0.29) is 34.5 Å². The molecule has 2 aromatic rings. The highest BCUT2D eigenvalue weighted by Gasteiger charge is 2.35. The van der Waals surface area contributed by atoms with E-state index in [2.05, 4.69) is 52.4 Å². The number of nitrogens with zero attached hydrogens (tertiary/aromatic N) is 2. The van der Waals surface area contributed by atoms with E-state index in [0.29, 0.717) is 48.4 Å². The summed E-state index contributed by atoms with van der Waals surface area (Å²) in [4.78, 5) is 53.8. The number of carbonyl (C=O) groups is 4. The quantitative estimate of drug-likeness (QED) is 0.215. The first-order valence-electron chi connectivity index (χ1n) is 15.6. The van der Waals surface area contributed by atoms with Crippen molar-refractivity contribution in [2.75, 3.05) is 64.0 Å². The number of anilines is 2. The number of ketones is 2. The molecule has 0 aliphatic heterocycles. The van der Waals surface area contributed by atoms with Gasteiger partial charge < -0.3 is 19.6 Å². The fourth-order valence-corrected chi connectivity index (χ4v) is 6.43. The predicted octanol–water partition coefficient (Wildman–Crippen LogP) is 5.65. The Kier molecular flexibility index (Phi) is 11.6. The Morgan fingerprint density at radius 1 is 0.571 bits per heavy atom. The van der Waals surface area contributed by atoms with Crippen LogP contribution in [0, 0.1) is 0 Å². The lowest BCUT2D eigenvalue weighted by Crippen LogP contribution is -2.47. The summed E-state index contributed by atoms with van der Waals surface area (Å²) in [7, 11) is 4.34. The zero-order chi connectivity index (χ0) is 30.9. The van der Waals surface area contributed by atoms with Crippen molar-refractivity contribution in [3.8, 4) is 0 Å². The second-order valence-electron chi connectivity index (χ2n) is 12.3. The van der Waals surface area contributed by atoms with Crippen LogP contribution in [0.15, 0.2) is 36.4 Å². The molecule has 42 heavy (non-hydrogen) atoms. The van der Waals surface area contributed by atoms with Gasteiger partial charge in [-0.15, -0.1) is 0 Å². The van der Waals surface area contributed by atoms with Crippen LogP contribution in [0.1, 0.15) is 98.1 Å². The third-order valence-electron chi connectivity index (χ3n) is 8.44. The van der Waals surface area contributed by atoms with Gasteiger partial charge in [0.25, 0.3) is 0 Å². The molecule has 0 radical (unpaired) electrons. The molecule has 0 saturated heterocycles. The Hall–Kier alpha value is -3.36. The van der Waals surface area contributed by atoms with Crippen LogP contribution < -0.4 is 10.6 Å². The second kappa shape index (κ2) is 14.7. The van der Waals surface area contributed by atoms with Crippen LogP contribution in [0.4, 0.5) is 11.4 Å². The Morgan fingerprint density at radius 3 is 1.21 bits per heavy atom. The van der Waals surface area contributed by atoms with Gasteiger partial charge in [0.1, 0.15) is 0 Å². The first-order valence-corrected chi connectivity index (χ1v) is 15.6. The molecule has 0 spiro atoms. The minimum Gasteiger partial charge on any atom is -0.326 e. The van der Waals surface area contributed by atoms with E-state index in [4.69, 9.17) is 0 Å². The summed E-state index contributed by atoms with van der Waals surface area (Å²) in [6.07, 6.45) is 4.73. The van der Waals surface area contributed by atoms with Crippen molar-refractivity contribution in [2.45, 2.75) is 66.2 Å². The number of benzene rings is 2. The molecule has 1 aliphatic rings. The van der Waals surface area contributed by atoms with Gasteiger partial charge in [0.15, 0.2) is 11.6 Å². The van der Waals surface area contributed by atoms with Crippen LogP contribution in [0.5, 0.6) is 0 Å². The van der Waals surface area contributed by atoms with E-state index in [1.165, 1.54) is 0 Å². The number of amides is 2. The lowest BCUT2D eigenvalue weighted by Gasteiger charge is -2.34. The molecule has 0 saturated carbocycles. The zero-order valence-corrected chi connectivity index (χ0v) is 26.5. The maximum absolute atomic E-state index is 13.8. The molecule has 0 heterocycles. The number of hydrogen-bond acceptors (Lipinski definition) is 4. The second-order valence-corrected chi connectivity index (χ2v) is 12.3.